The summed E-state index contributed by atoms with van der Waals surface area (Å²) in [6.45, 7) is 1.66. The Morgan fingerprint density at radius 2 is 2.10 bits per heavy atom. The summed E-state index contributed by atoms with van der Waals surface area (Å²) in [5.41, 5.74) is 0.927. The summed E-state index contributed by atoms with van der Waals surface area (Å²) in [7, 11) is 0. The van der Waals surface area contributed by atoms with E-state index in [1.807, 2.05) is 12.1 Å². The topological polar surface area (TPSA) is 80.3 Å². The van der Waals surface area contributed by atoms with Crippen LogP contribution in [0.1, 0.15) is 18.4 Å². The van der Waals surface area contributed by atoms with Crippen LogP contribution in [0.25, 0.3) is 0 Å². The monoisotopic (exact) mass is 277 g/mol. The Morgan fingerprint density at radius 1 is 1.30 bits per heavy atom. The van der Waals surface area contributed by atoms with E-state index in [2.05, 4.69) is 15.6 Å². The lowest BCUT2D eigenvalue weighted by Crippen LogP contribution is -2.40. The Bertz CT molecular complexity index is 444. The summed E-state index contributed by atoms with van der Waals surface area (Å²) in [6, 6.07) is 3.70. The maximum atomic E-state index is 11.8. The van der Waals surface area contributed by atoms with E-state index in [1.165, 1.54) is 0 Å². The van der Waals surface area contributed by atoms with Crippen molar-refractivity contribution >= 4 is 11.8 Å². The first-order valence-corrected chi connectivity index (χ1v) is 6.77. The van der Waals surface area contributed by atoms with Crippen LogP contribution in [0.4, 0.5) is 0 Å². The van der Waals surface area contributed by atoms with Gasteiger partial charge in [0.1, 0.15) is 0 Å². The first kappa shape index (κ1) is 14.5. The van der Waals surface area contributed by atoms with Gasteiger partial charge in [-0.15, -0.1) is 0 Å². The molecule has 6 heteroatoms. The highest BCUT2D eigenvalue weighted by Crippen LogP contribution is 2.14. The third kappa shape index (κ3) is 4.62. The van der Waals surface area contributed by atoms with Crippen molar-refractivity contribution in [3.63, 3.8) is 0 Å². The number of rotatable bonds is 5. The lowest BCUT2D eigenvalue weighted by atomic mass is 9.99. The number of hydrogen-bond acceptors (Lipinski definition) is 4. The van der Waals surface area contributed by atoms with E-state index < -0.39 is 0 Å². The number of carbonyl (C=O) groups is 2. The first-order chi connectivity index (χ1) is 9.75. The van der Waals surface area contributed by atoms with Gasteiger partial charge >= 0.3 is 0 Å². The molecule has 1 aliphatic rings. The highest BCUT2D eigenvalue weighted by Gasteiger charge is 2.21. The molecule has 0 spiro atoms. The van der Waals surface area contributed by atoms with Crippen LogP contribution in [-0.2, 0) is 20.9 Å². The van der Waals surface area contributed by atoms with E-state index in [4.69, 9.17) is 4.74 Å². The van der Waals surface area contributed by atoms with Crippen molar-refractivity contribution in [1.82, 2.24) is 15.6 Å². The Kier molecular flexibility index (Phi) is 5.49. The summed E-state index contributed by atoms with van der Waals surface area (Å²) in [6.07, 6.45) is 4.83. The highest BCUT2D eigenvalue weighted by molar-refractivity contribution is 5.85. The first-order valence-electron chi connectivity index (χ1n) is 6.77. The highest BCUT2D eigenvalue weighted by atomic mass is 16.5. The maximum absolute atomic E-state index is 11.8. The van der Waals surface area contributed by atoms with E-state index >= 15 is 0 Å². The van der Waals surface area contributed by atoms with Crippen LogP contribution in [0.5, 0.6) is 0 Å². The van der Waals surface area contributed by atoms with Crippen molar-refractivity contribution in [3.8, 4) is 0 Å². The van der Waals surface area contributed by atoms with E-state index in [1.54, 1.807) is 12.4 Å². The fraction of sp³-hybridized carbons (Fsp3) is 0.500. The standard InChI is InChI=1S/C14H19N3O3/c18-13(16-9-11-2-1-5-15-8-11)10-17-14(19)12-3-6-20-7-4-12/h1-2,5,8,12H,3-4,6-7,9-10H2,(H,16,18)(H,17,19). The Hall–Kier alpha value is -1.95. The van der Waals surface area contributed by atoms with Gasteiger partial charge in [0.15, 0.2) is 0 Å². The molecule has 2 amide bonds. The fourth-order valence-corrected chi connectivity index (χ4v) is 2.04. The van der Waals surface area contributed by atoms with E-state index in [-0.39, 0.29) is 24.3 Å². The minimum Gasteiger partial charge on any atom is -0.381 e. The molecule has 0 aliphatic carbocycles. The molecule has 2 rings (SSSR count). The van der Waals surface area contributed by atoms with Crippen molar-refractivity contribution in [1.29, 1.82) is 0 Å². The third-order valence-corrected chi connectivity index (χ3v) is 3.23. The summed E-state index contributed by atoms with van der Waals surface area (Å²) in [5, 5.41) is 5.41. The van der Waals surface area contributed by atoms with Gasteiger partial charge in [-0.25, -0.2) is 0 Å². The predicted molar refractivity (Wildman–Crippen MR) is 72.6 cm³/mol. The average molecular weight is 277 g/mol. The molecule has 1 aromatic heterocycles. The minimum absolute atomic E-state index is 0.0104. The van der Waals surface area contributed by atoms with Gasteiger partial charge < -0.3 is 15.4 Å². The number of hydrogen-bond donors (Lipinski definition) is 2. The molecule has 0 saturated carbocycles. The van der Waals surface area contributed by atoms with Crippen LogP contribution in [0.2, 0.25) is 0 Å². The van der Waals surface area contributed by atoms with Crippen LogP contribution in [0, 0.1) is 5.92 Å². The molecule has 1 saturated heterocycles. The molecule has 6 nitrogen and oxygen atoms in total. The molecule has 0 radical (unpaired) electrons. The van der Waals surface area contributed by atoms with Crippen molar-refractivity contribution in [2.45, 2.75) is 19.4 Å². The molecule has 2 heterocycles. The van der Waals surface area contributed by atoms with Gasteiger partial charge in [-0.05, 0) is 24.5 Å². The summed E-state index contributed by atoms with van der Waals surface area (Å²) in [5.74, 6) is -0.297. The second kappa shape index (κ2) is 7.59. The molecule has 1 aromatic rings. The number of ether oxygens (including phenoxy) is 1. The smallest absolute Gasteiger partial charge is 0.239 e. The lowest BCUT2D eigenvalue weighted by Gasteiger charge is -2.21. The molecule has 2 N–H and O–H groups in total. The minimum atomic E-state index is -0.200. The molecule has 0 unspecified atom stereocenters. The second-order valence-electron chi connectivity index (χ2n) is 4.74. The van der Waals surface area contributed by atoms with Crippen LogP contribution >= 0.6 is 0 Å². The normalized spacial score (nSPS) is 15.6. The van der Waals surface area contributed by atoms with Gasteiger partial charge in [-0.1, -0.05) is 6.07 Å². The van der Waals surface area contributed by atoms with Crippen LogP contribution in [0.15, 0.2) is 24.5 Å². The predicted octanol–water partition coefficient (Wildman–Crippen LogP) is 0.241. The number of pyridine rings is 1. The van der Waals surface area contributed by atoms with Crippen LogP contribution in [-0.4, -0.2) is 36.6 Å². The van der Waals surface area contributed by atoms with Gasteiger partial charge in [0.05, 0.1) is 6.54 Å². The molecule has 0 aromatic carbocycles. The van der Waals surface area contributed by atoms with E-state index in [0.29, 0.717) is 19.8 Å². The Labute approximate surface area is 117 Å². The molecule has 0 bridgehead atoms. The molecular weight excluding hydrogens is 258 g/mol. The van der Waals surface area contributed by atoms with Crippen molar-refractivity contribution in [2.24, 2.45) is 5.92 Å². The number of nitrogens with zero attached hydrogens (tertiary/aromatic N) is 1. The number of nitrogens with one attached hydrogen (secondary N) is 2. The number of amides is 2. The zero-order chi connectivity index (χ0) is 14.2. The van der Waals surface area contributed by atoms with E-state index in [9.17, 15) is 9.59 Å². The SMILES string of the molecule is O=C(CNC(=O)C1CCOCC1)NCc1cccnc1. The van der Waals surface area contributed by atoms with Crippen molar-refractivity contribution < 1.29 is 14.3 Å². The molecule has 0 atom stereocenters. The van der Waals surface area contributed by atoms with Gasteiger partial charge in [-0.2, -0.15) is 0 Å². The van der Waals surface area contributed by atoms with Gasteiger partial charge in [0.25, 0.3) is 0 Å². The Morgan fingerprint density at radius 3 is 2.80 bits per heavy atom. The molecule has 1 fully saturated rings. The second-order valence-corrected chi connectivity index (χ2v) is 4.74. The molecular formula is C14H19N3O3. The van der Waals surface area contributed by atoms with Crippen molar-refractivity contribution in [2.75, 3.05) is 19.8 Å². The molecule has 108 valence electrons. The van der Waals surface area contributed by atoms with Crippen LogP contribution in [0.3, 0.4) is 0 Å². The van der Waals surface area contributed by atoms with Gasteiger partial charge in [0, 0.05) is 38.1 Å². The Balaban J connectivity index is 1.65. The number of carbonyl (C=O) groups excluding carboxylic acids is 2. The summed E-state index contributed by atoms with van der Waals surface area (Å²) in [4.78, 5) is 27.4. The largest absolute Gasteiger partial charge is 0.381 e. The zero-order valence-corrected chi connectivity index (χ0v) is 11.3. The fourth-order valence-electron chi connectivity index (χ4n) is 2.04. The average Bonchev–Trinajstić information content (AvgIpc) is 2.52. The van der Waals surface area contributed by atoms with Crippen molar-refractivity contribution in [3.05, 3.63) is 30.1 Å². The van der Waals surface area contributed by atoms with E-state index in [0.717, 1.165) is 18.4 Å². The number of aromatic nitrogens is 1. The summed E-state index contributed by atoms with van der Waals surface area (Å²) < 4.78 is 5.20. The zero-order valence-electron chi connectivity index (χ0n) is 11.3. The molecule has 1 aliphatic heterocycles. The third-order valence-electron chi connectivity index (χ3n) is 3.23. The maximum Gasteiger partial charge on any atom is 0.239 e. The lowest BCUT2D eigenvalue weighted by molar-refractivity contribution is -0.130. The van der Waals surface area contributed by atoms with Crippen LogP contribution < -0.4 is 10.6 Å². The molecule has 20 heavy (non-hydrogen) atoms. The summed E-state index contributed by atoms with van der Waals surface area (Å²) >= 11 is 0. The van der Waals surface area contributed by atoms with Gasteiger partial charge in [-0.3, -0.25) is 14.6 Å². The van der Waals surface area contributed by atoms with Gasteiger partial charge in [0.2, 0.25) is 11.8 Å². The quantitative estimate of drug-likeness (QED) is 0.808.